The molecule has 1 rings (SSSR count). The van der Waals surface area contributed by atoms with Gasteiger partial charge in [-0.05, 0) is 24.1 Å². The van der Waals surface area contributed by atoms with E-state index in [4.69, 9.17) is 10.2 Å². The van der Waals surface area contributed by atoms with Gasteiger partial charge in [-0.25, -0.2) is 4.79 Å². The molecule has 0 aliphatic rings. The number of hydrogen-bond acceptors (Lipinski definition) is 3. The predicted octanol–water partition coefficient (Wildman–Crippen LogP) is 1.56. The summed E-state index contributed by atoms with van der Waals surface area (Å²) in [6.07, 6.45) is 0.292. The first-order valence-corrected chi connectivity index (χ1v) is 5.33. The highest BCUT2D eigenvalue weighted by molar-refractivity contribution is 7.80. The molecule has 0 saturated carbocycles. The van der Waals surface area contributed by atoms with Crippen LogP contribution in [0.2, 0.25) is 0 Å². The largest absolute Gasteiger partial charge is 0.481 e. The molecule has 0 fully saturated rings. The molecular formula is C11H12O4S. The number of aliphatic carboxylic acids is 1. The van der Waals surface area contributed by atoms with Crippen LogP contribution in [-0.2, 0) is 11.2 Å². The summed E-state index contributed by atoms with van der Waals surface area (Å²) in [5, 5.41) is 17.6. The van der Waals surface area contributed by atoms with Crippen LogP contribution in [0, 0.1) is 5.92 Å². The number of thiol groups is 1. The van der Waals surface area contributed by atoms with Crippen LogP contribution >= 0.6 is 12.6 Å². The number of benzene rings is 1. The molecule has 0 spiro atoms. The minimum Gasteiger partial charge on any atom is -0.481 e. The second-order valence-electron chi connectivity index (χ2n) is 3.43. The fourth-order valence-electron chi connectivity index (χ4n) is 1.35. The van der Waals surface area contributed by atoms with Crippen LogP contribution < -0.4 is 0 Å². The van der Waals surface area contributed by atoms with Gasteiger partial charge in [-0.15, -0.1) is 0 Å². The summed E-state index contributed by atoms with van der Waals surface area (Å²) in [5.74, 6) is -2.30. The minimum atomic E-state index is -1.01. The smallest absolute Gasteiger partial charge is 0.335 e. The molecule has 0 heterocycles. The van der Waals surface area contributed by atoms with Gasteiger partial charge >= 0.3 is 11.9 Å². The maximum atomic E-state index is 10.8. The van der Waals surface area contributed by atoms with Gasteiger partial charge in [0, 0.05) is 5.75 Å². The topological polar surface area (TPSA) is 74.6 Å². The van der Waals surface area contributed by atoms with Gasteiger partial charge < -0.3 is 10.2 Å². The first kappa shape index (κ1) is 12.6. The van der Waals surface area contributed by atoms with Gasteiger partial charge in [-0.1, -0.05) is 12.1 Å². The molecule has 0 radical (unpaired) electrons. The molecule has 0 amide bonds. The van der Waals surface area contributed by atoms with Gasteiger partial charge in [0.1, 0.15) is 0 Å². The molecule has 1 aromatic rings. The number of carboxylic acids is 2. The van der Waals surface area contributed by atoms with Crippen molar-refractivity contribution in [2.24, 2.45) is 5.92 Å². The average Bonchev–Trinajstić information content (AvgIpc) is 2.25. The summed E-state index contributed by atoms with van der Waals surface area (Å²) in [5.41, 5.74) is 0.863. The molecule has 86 valence electrons. The Morgan fingerprint density at radius 2 is 2.00 bits per heavy atom. The molecule has 1 atom stereocenters. The number of hydrogen-bond donors (Lipinski definition) is 3. The van der Waals surface area contributed by atoms with Crippen LogP contribution in [0.5, 0.6) is 0 Å². The third kappa shape index (κ3) is 3.27. The quantitative estimate of drug-likeness (QED) is 0.683. The Kier molecular flexibility index (Phi) is 4.37. The summed E-state index contributed by atoms with van der Waals surface area (Å²) in [4.78, 5) is 21.5. The van der Waals surface area contributed by atoms with Crippen LogP contribution in [0.3, 0.4) is 0 Å². The van der Waals surface area contributed by atoms with E-state index >= 15 is 0 Å². The van der Waals surface area contributed by atoms with Gasteiger partial charge in [-0.3, -0.25) is 4.79 Å². The van der Waals surface area contributed by atoms with Gasteiger partial charge in [0.2, 0.25) is 0 Å². The van der Waals surface area contributed by atoms with Gasteiger partial charge in [0.05, 0.1) is 11.5 Å². The molecule has 0 aromatic heterocycles. The zero-order valence-corrected chi connectivity index (χ0v) is 9.35. The highest BCUT2D eigenvalue weighted by Crippen LogP contribution is 2.12. The van der Waals surface area contributed by atoms with E-state index in [1.165, 1.54) is 12.1 Å². The van der Waals surface area contributed by atoms with E-state index in [1.807, 2.05) is 0 Å². The van der Waals surface area contributed by atoms with Crippen LogP contribution in [0.25, 0.3) is 0 Å². The summed E-state index contributed by atoms with van der Waals surface area (Å²) in [6, 6.07) is 6.28. The first-order chi connectivity index (χ1) is 7.54. The van der Waals surface area contributed by atoms with Crippen LogP contribution in [0.4, 0.5) is 0 Å². The number of carbonyl (C=O) groups is 2. The summed E-state index contributed by atoms with van der Waals surface area (Å²) >= 11 is 3.95. The number of rotatable bonds is 5. The molecule has 0 bridgehead atoms. The molecule has 4 nitrogen and oxygen atoms in total. The normalized spacial score (nSPS) is 12.1. The van der Waals surface area contributed by atoms with E-state index in [9.17, 15) is 9.59 Å². The molecule has 0 saturated heterocycles. The monoisotopic (exact) mass is 240 g/mol. The summed E-state index contributed by atoms with van der Waals surface area (Å²) in [6.45, 7) is 0. The standard InChI is InChI=1S/C11H12O4S/c12-10(13)8-3-1-2-7(4-8)5-9(6-16)11(14)15/h1-4,9,16H,5-6H2,(H,12,13)(H,14,15). The molecule has 5 heteroatoms. The van der Waals surface area contributed by atoms with Crippen molar-refractivity contribution >= 4 is 24.6 Å². The van der Waals surface area contributed by atoms with Crippen molar-refractivity contribution in [2.75, 3.05) is 5.75 Å². The molecule has 1 aromatic carbocycles. The van der Waals surface area contributed by atoms with Crippen molar-refractivity contribution in [3.63, 3.8) is 0 Å². The predicted molar refractivity (Wildman–Crippen MR) is 62.1 cm³/mol. The van der Waals surface area contributed by atoms with E-state index in [0.29, 0.717) is 12.0 Å². The Morgan fingerprint density at radius 3 is 2.50 bits per heavy atom. The Hall–Kier alpha value is -1.49. The lowest BCUT2D eigenvalue weighted by Crippen LogP contribution is -2.18. The van der Waals surface area contributed by atoms with Crippen LogP contribution in [0.15, 0.2) is 24.3 Å². The van der Waals surface area contributed by atoms with E-state index in [-0.39, 0.29) is 11.3 Å². The van der Waals surface area contributed by atoms with Gasteiger partial charge in [0.25, 0.3) is 0 Å². The SMILES string of the molecule is O=C(O)c1cccc(CC(CS)C(=O)O)c1. The van der Waals surface area contributed by atoms with Crippen LogP contribution in [-0.4, -0.2) is 27.9 Å². The Morgan fingerprint density at radius 1 is 1.31 bits per heavy atom. The van der Waals surface area contributed by atoms with E-state index in [2.05, 4.69) is 12.6 Å². The molecule has 0 aliphatic carbocycles. The lowest BCUT2D eigenvalue weighted by Gasteiger charge is -2.09. The van der Waals surface area contributed by atoms with Crippen molar-refractivity contribution in [3.8, 4) is 0 Å². The van der Waals surface area contributed by atoms with Gasteiger partial charge in [0.15, 0.2) is 0 Å². The second kappa shape index (κ2) is 5.55. The average molecular weight is 240 g/mol. The van der Waals surface area contributed by atoms with Crippen molar-refractivity contribution in [3.05, 3.63) is 35.4 Å². The van der Waals surface area contributed by atoms with Crippen molar-refractivity contribution in [1.29, 1.82) is 0 Å². The lowest BCUT2D eigenvalue weighted by molar-refractivity contribution is -0.140. The molecular weight excluding hydrogens is 228 g/mol. The highest BCUT2D eigenvalue weighted by Gasteiger charge is 2.16. The Bertz CT molecular complexity index is 403. The fraction of sp³-hybridized carbons (Fsp3) is 0.273. The van der Waals surface area contributed by atoms with Crippen LogP contribution in [0.1, 0.15) is 15.9 Å². The molecule has 0 aliphatic heterocycles. The van der Waals surface area contributed by atoms with Crippen molar-refractivity contribution in [2.45, 2.75) is 6.42 Å². The number of carboxylic acid groups (broad SMARTS) is 2. The third-order valence-electron chi connectivity index (χ3n) is 2.23. The lowest BCUT2D eigenvalue weighted by atomic mass is 9.99. The zero-order valence-electron chi connectivity index (χ0n) is 8.46. The molecule has 1 unspecified atom stereocenters. The summed E-state index contributed by atoms with van der Waals surface area (Å²) in [7, 11) is 0. The minimum absolute atomic E-state index is 0.167. The summed E-state index contributed by atoms with van der Waals surface area (Å²) < 4.78 is 0. The van der Waals surface area contributed by atoms with Gasteiger partial charge in [-0.2, -0.15) is 12.6 Å². The zero-order chi connectivity index (χ0) is 12.1. The van der Waals surface area contributed by atoms with E-state index in [1.54, 1.807) is 12.1 Å². The number of aromatic carboxylic acids is 1. The maximum absolute atomic E-state index is 10.8. The molecule has 16 heavy (non-hydrogen) atoms. The van der Waals surface area contributed by atoms with E-state index in [0.717, 1.165) is 0 Å². The Balaban J connectivity index is 2.84. The highest BCUT2D eigenvalue weighted by atomic mass is 32.1. The Labute approximate surface area is 98.3 Å². The maximum Gasteiger partial charge on any atom is 0.335 e. The van der Waals surface area contributed by atoms with Crippen molar-refractivity contribution in [1.82, 2.24) is 0 Å². The fourth-order valence-corrected chi connectivity index (χ4v) is 1.63. The van der Waals surface area contributed by atoms with E-state index < -0.39 is 17.9 Å². The second-order valence-corrected chi connectivity index (χ2v) is 3.79. The van der Waals surface area contributed by atoms with Crippen molar-refractivity contribution < 1.29 is 19.8 Å². The first-order valence-electron chi connectivity index (χ1n) is 4.70. The molecule has 2 N–H and O–H groups in total. The third-order valence-corrected chi connectivity index (χ3v) is 2.67.